The SMILES string of the molecule is CCNc1ncc([N+](=O)[O-])c(NCc2ccccn2)n1. The topological polar surface area (TPSA) is 106 Å². The number of nitrogens with one attached hydrogen (secondary N) is 2. The summed E-state index contributed by atoms with van der Waals surface area (Å²) in [5, 5.41) is 16.8. The van der Waals surface area contributed by atoms with Crippen molar-refractivity contribution in [1.82, 2.24) is 15.0 Å². The zero-order valence-electron chi connectivity index (χ0n) is 10.9. The van der Waals surface area contributed by atoms with E-state index < -0.39 is 4.92 Å². The molecule has 0 radical (unpaired) electrons. The molecule has 0 fully saturated rings. The first-order valence-corrected chi connectivity index (χ1v) is 6.09. The van der Waals surface area contributed by atoms with Gasteiger partial charge in [0.05, 0.1) is 17.2 Å². The lowest BCUT2D eigenvalue weighted by Crippen LogP contribution is -2.09. The highest BCUT2D eigenvalue weighted by molar-refractivity contribution is 5.56. The molecule has 0 amide bonds. The fourth-order valence-electron chi connectivity index (χ4n) is 1.56. The molecule has 2 N–H and O–H groups in total. The van der Waals surface area contributed by atoms with Crippen molar-refractivity contribution in [3.05, 3.63) is 46.4 Å². The average molecular weight is 274 g/mol. The molecule has 2 aromatic rings. The van der Waals surface area contributed by atoms with Gasteiger partial charge in [0.25, 0.3) is 0 Å². The molecule has 0 aromatic carbocycles. The van der Waals surface area contributed by atoms with Crippen LogP contribution in [0.2, 0.25) is 0 Å². The fourth-order valence-corrected chi connectivity index (χ4v) is 1.56. The van der Waals surface area contributed by atoms with Gasteiger partial charge in [-0.2, -0.15) is 4.98 Å². The number of hydrogen-bond acceptors (Lipinski definition) is 7. The van der Waals surface area contributed by atoms with Gasteiger partial charge >= 0.3 is 5.69 Å². The van der Waals surface area contributed by atoms with Crippen LogP contribution in [0.25, 0.3) is 0 Å². The Labute approximate surface area is 115 Å². The first kappa shape index (κ1) is 13.7. The molecule has 0 saturated heterocycles. The lowest BCUT2D eigenvalue weighted by molar-refractivity contribution is -0.384. The smallest absolute Gasteiger partial charge is 0.329 e. The zero-order valence-corrected chi connectivity index (χ0v) is 10.9. The maximum absolute atomic E-state index is 11.0. The van der Waals surface area contributed by atoms with Crippen molar-refractivity contribution in [2.24, 2.45) is 0 Å². The maximum atomic E-state index is 11.0. The number of pyridine rings is 1. The number of anilines is 2. The van der Waals surface area contributed by atoms with E-state index in [4.69, 9.17) is 0 Å². The third kappa shape index (κ3) is 3.37. The molecule has 0 bridgehead atoms. The van der Waals surface area contributed by atoms with Crippen molar-refractivity contribution in [1.29, 1.82) is 0 Å². The van der Waals surface area contributed by atoms with E-state index >= 15 is 0 Å². The Bertz CT molecular complexity index is 590. The molecule has 104 valence electrons. The quantitative estimate of drug-likeness (QED) is 0.611. The Hall–Kier alpha value is -2.77. The van der Waals surface area contributed by atoms with E-state index in [1.54, 1.807) is 12.3 Å². The van der Waals surface area contributed by atoms with Gasteiger partial charge in [0.2, 0.25) is 11.8 Å². The van der Waals surface area contributed by atoms with Crippen molar-refractivity contribution >= 4 is 17.5 Å². The Morgan fingerprint density at radius 2 is 2.15 bits per heavy atom. The summed E-state index contributed by atoms with van der Waals surface area (Å²) in [6, 6.07) is 5.48. The van der Waals surface area contributed by atoms with Crippen LogP contribution in [-0.2, 0) is 6.54 Å². The average Bonchev–Trinajstić information content (AvgIpc) is 2.46. The van der Waals surface area contributed by atoms with E-state index in [0.29, 0.717) is 19.0 Å². The monoisotopic (exact) mass is 274 g/mol. The fraction of sp³-hybridized carbons (Fsp3) is 0.250. The number of hydrogen-bond donors (Lipinski definition) is 2. The van der Waals surface area contributed by atoms with Gasteiger partial charge in [-0.1, -0.05) is 6.07 Å². The molecule has 0 aliphatic heterocycles. The number of aromatic nitrogens is 3. The Morgan fingerprint density at radius 3 is 2.80 bits per heavy atom. The predicted molar refractivity (Wildman–Crippen MR) is 74.4 cm³/mol. The highest BCUT2D eigenvalue weighted by atomic mass is 16.6. The summed E-state index contributed by atoms with van der Waals surface area (Å²) in [4.78, 5) is 22.6. The van der Waals surface area contributed by atoms with Gasteiger partial charge in [-0.3, -0.25) is 15.1 Å². The molecule has 20 heavy (non-hydrogen) atoms. The van der Waals surface area contributed by atoms with Crippen LogP contribution in [0.1, 0.15) is 12.6 Å². The maximum Gasteiger partial charge on any atom is 0.329 e. The molecule has 0 spiro atoms. The van der Waals surface area contributed by atoms with Crippen LogP contribution in [0.5, 0.6) is 0 Å². The highest BCUT2D eigenvalue weighted by Crippen LogP contribution is 2.22. The molecule has 0 atom stereocenters. The normalized spacial score (nSPS) is 10.1. The van der Waals surface area contributed by atoms with E-state index in [1.165, 1.54) is 6.20 Å². The van der Waals surface area contributed by atoms with E-state index in [9.17, 15) is 10.1 Å². The van der Waals surface area contributed by atoms with Gasteiger partial charge in [-0.05, 0) is 19.1 Å². The summed E-state index contributed by atoms with van der Waals surface area (Å²) < 4.78 is 0. The van der Waals surface area contributed by atoms with Crippen LogP contribution in [0.15, 0.2) is 30.6 Å². The van der Waals surface area contributed by atoms with Crippen molar-refractivity contribution in [3.8, 4) is 0 Å². The van der Waals surface area contributed by atoms with E-state index in [0.717, 1.165) is 5.69 Å². The third-order valence-electron chi connectivity index (χ3n) is 2.46. The molecule has 0 saturated carbocycles. The van der Waals surface area contributed by atoms with Crippen LogP contribution >= 0.6 is 0 Å². The summed E-state index contributed by atoms with van der Waals surface area (Å²) in [6.45, 7) is 2.88. The van der Waals surface area contributed by atoms with Crippen LogP contribution < -0.4 is 10.6 Å². The molecule has 2 heterocycles. The van der Waals surface area contributed by atoms with E-state index in [1.807, 2.05) is 19.1 Å². The van der Waals surface area contributed by atoms with Gasteiger partial charge in [0.15, 0.2) is 0 Å². The van der Waals surface area contributed by atoms with E-state index in [-0.39, 0.29) is 11.5 Å². The summed E-state index contributed by atoms with van der Waals surface area (Å²) in [7, 11) is 0. The van der Waals surface area contributed by atoms with Gasteiger partial charge < -0.3 is 10.6 Å². The first-order chi connectivity index (χ1) is 9.70. The summed E-state index contributed by atoms with van der Waals surface area (Å²) in [5.41, 5.74) is 0.605. The van der Waals surface area contributed by atoms with Crippen LogP contribution in [-0.4, -0.2) is 26.4 Å². The number of nitro groups is 1. The van der Waals surface area contributed by atoms with Gasteiger partial charge in [-0.15, -0.1) is 0 Å². The molecule has 0 unspecified atom stereocenters. The van der Waals surface area contributed by atoms with Gasteiger partial charge in [0.1, 0.15) is 6.20 Å². The van der Waals surface area contributed by atoms with Crippen LogP contribution in [0, 0.1) is 10.1 Å². The molecule has 0 aliphatic carbocycles. The van der Waals surface area contributed by atoms with Crippen LogP contribution in [0.3, 0.4) is 0 Å². The lowest BCUT2D eigenvalue weighted by atomic mass is 10.3. The summed E-state index contributed by atoms with van der Waals surface area (Å²) in [6.07, 6.45) is 2.85. The van der Waals surface area contributed by atoms with Crippen molar-refractivity contribution in [2.75, 3.05) is 17.2 Å². The van der Waals surface area contributed by atoms with Gasteiger partial charge in [0, 0.05) is 12.7 Å². The molecule has 2 aromatic heterocycles. The van der Waals surface area contributed by atoms with Gasteiger partial charge in [-0.25, -0.2) is 4.98 Å². The van der Waals surface area contributed by atoms with Crippen molar-refractivity contribution < 1.29 is 4.92 Å². The molecular weight excluding hydrogens is 260 g/mol. The standard InChI is InChI=1S/C12H14N6O2/c1-2-13-12-16-8-10(18(19)20)11(17-12)15-7-9-5-3-4-6-14-9/h3-6,8H,2,7H2,1H3,(H2,13,15,16,17). The number of nitrogens with zero attached hydrogens (tertiary/aromatic N) is 4. The highest BCUT2D eigenvalue weighted by Gasteiger charge is 2.16. The lowest BCUT2D eigenvalue weighted by Gasteiger charge is -2.07. The van der Waals surface area contributed by atoms with Crippen molar-refractivity contribution in [3.63, 3.8) is 0 Å². The first-order valence-electron chi connectivity index (χ1n) is 6.09. The third-order valence-corrected chi connectivity index (χ3v) is 2.46. The largest absolute Gasteiger partial charge is 0.359 e. The van der Waals surface area contributed by atoms with Crippen molar-refractivity contribution in [2.45, 2.75) is 13.5 Å². The second kappa shape index (κ2) is 6.41. The minimum Gasteiger partial charge on any atom is -0.359 e. The Morgan fingerprint density at radius 1 is 1.30 bits per heavy atom. The number of rotatable bonds is 6. The zero-order chi connectivity index (χ0) is 14.4. The predicted octanol–water partition coefficient (Wildman–Crippen LogP) is 1.82. The minimum atomic E-state index is -0.517. The second-order valence-electron chi connectivity index (χ2n) is 3.89. The molecule has 8 heteroatoms. The molecule has 0 aliphatic rings. The minimum absolute atomic E-state index is 0.164. The summed E-state index contributed by atoms with van der Waals surface area (Å²) >= 11 is 0. The second-order valence-corrected chi connectivity index (χ2v) is 3.89. The molecule has 8 nitrogen and oxygen atoms in total. The Balaban J connectivity index is 2.19. The van der Waals surface area contributed by atoms with Crippen LogP contribution in [0.4, 0.5) is 17.5 Å². The Kier molecular flexibility index (Phi) is 4.38. The summed E-state index contributed by atoms with van der Waals surface area (Å²) in [5.74, 6) is 0.522. The molecule has 2 rings (SSSR count). The van der Waals surface area contributed by atoms with E-state index in [2.05, 4.69) is 25.6 Å². The molecular formula is C12H14N6O2.